The van der Waals surface area contributed by atoms with Crippen molar-refractivity contribution < 1.29 is 55.5 Å². The molecule has 0 aromatic carbocycles. The molecule has 0 aromatic rings. The molecule has 12 N–H and O–H groups in total. The van der Waals surface area contributed by atoms with Crippen molar-refractivity contribution in [2.45, 2.75) is 0 Å². The van der Waals surface area contributed by atoms with Crippen LogP contribution in [0.25, 0.3) is 0 Å². The van der Waals surface area contributed by atoms with Crippen LogP contribution in [0.1, 0.15) is 0 Å². The topological polar surface area (TPSA) is 301 Å². The second-order valence-electron chi connectivity index (χ2n) is 0.816. The van der Waals surface area contributed by atoms with Gasteiger partial charge in [-0.25, -0.2) is 0 Å². The molecule has 0 aliphatic rings. The molecule has 12 nitrogen and oxygen atoms in total. The van der Waals surface area contributed by atoms with E-state index in [1.165, 1.54) is 0 Å². The van der Waals surface area contributed by atoms with Gasteiger partial charge < -0.3 is 42.8 Å². The summed E-state index contributed by atoms with van der Waals surface area (Å²) in [5.74, 6) is 0. The zero-order chi connectivity index (χ0) is 9.00. The summed E-state index contributed by atoms with van der Waals surface area (Å²) in [6.07, 6.45) is 0. The summed E-state index contributed by atoms with van der Waals surface area (Å²) in [5, 5.41) is 0. The normalized spacial score (nSPS) is 7.73. The Kier molecular flexibility index (Phi) is 50.6. The van der Waals surface area contributed by atoms with Crippen molar-refractivity contribution in [2.24, 2.45) is 0 Å². The largest absolute Gasteiger partial charge is 4.00 e. The van der Waals surface area contributed by atoms with E-state index in [-0.39, 0.29) is 45.0 Å². The molecule has 0 fully saturated rings. The second-order valence-corrected chi connectivity index (χ2v) is 2.45. The summed E-state index contributed by atoms with van der Waals surface area (Å²) < 4.78 is 68.2. The van der Waals surface area contributed by atoms with Crippen molar-refractivity contribution in [3.05, 3.63) is 0 Å². The second kappa shape index (κ2) is 16.7. The quantitative estimate of drug-likeness (QED) is 0.205. The van der Waals surface area contributed by atoms with Gasteiger partial charge in [0.05, 0.1) is 0 Å². The molecule has 0 spiro atoms. The van der Waals surface area contributed by atoms with E-state index in [1.54, 1.807) is 0 Å². The van der Waals surface area contributed by atoms with Gasteiger partial charge in [-0.15, -0.1) is 0 Å². The predicted molar refractivity (Wildman–Crippen MR) is 41.0 cm³/mol. The van der Waals surface area contributed by atoms with Crippen LogP contribution in [0.4, 0.5) is 0 Å². The summed E-state index contributed by atoms with van der Waals surface area (Å²) in [5.41, 5.74) is 0. The Labute approximate surface area is 101 Å². The molecule has 102 valence electrons. The van der Waals surface area contributed by atoms with Crippen molar-refractivity contribution in [3.8, 4) is 0 Å². The van der Waals surface area contributed by atoms with E-state index in [1.807, 2.05) is 0 Å². The minimum absolute atomic E-state index is 0. The van der Waals surface area contributed by atoms with E-state index in [2.05, 4.69) is 0 Å². The fourth-order valence-electron chi connectivity index (χ4n) is 0. The van der Waals surface area contributed by atoms with E-state index in [0.717, 1.165) is 0 Å². The van der Waals surface area contributed by atoms with Crippen molar-refractivity contribution in [3.63, 3.8) is 0 Å². The minimum atomic E-state index is -5.17. The van der Waals surface area contributed by atoms with Crippen molar-refractivity contribution >= 4 is 20.8 Å². The fourth-order valence-corrected chi connectivity index (χ4v) is 0. The maximum absolute atomic E-state index is 8.52. The third-order valence-electron chi connectivity index (χ3n) is 0. The summed E-state index contributed by atoms with van der Waals surface area (Å²) in [6.45, 7) is 0. The molecule has 0 aliphatic carbocycles. The summed E-state index contributed by atoms with van der Waals surface area (Å²) in [4.78, 5) is 0. The van der Waals surface area contributed by atoms with Crippen molar-refractivity contribution in [1.82, 2.24) is 24.6 Å². The van der Waals surface area contributed by atoms with Crippen LogP contribution in [0.3, 0.4) is 0 Å². The zero-order valence-corrected chi connectivity index (χ0v) is 10.4. The van der Waals surface area contributed by atoms with Gasteiger partial charge in [-0.3, -0.25) is 16.8 Å². The fraction of sp³-hybridized carbons (Fsp3) is 0. The number of rotatable bonds is 0. The molecule has 0 unspecified atom stereocenters. The van der Waals surface area contributed by atoms with Crippen LogP contribution >= 0.6 is 0 Å². The van der Waals surface area contributed by atoms with Gasteiger partial charge in [0.1, 0.15) is 0 Å². The number of hydrogen-bond acceptors (Lipinski definition) is 12. The molecular formula is H12N4O8PdS2. The van der Waals surface area contributed by atoms with E-state index >= 15 is 0 Å². The molecule has 0 saturated heterocycles. The molecule has 0 saturated carbocycles. The average molecular weight is 367 g/mol. The van der Waals surface area contributed by atoms with Gasteiger partial charge in [0.2, 0.25) is 0 Å². The molecule has 0 heterocycles. The van der Waals surface area contributed by atoms with Crippen LogP contribution in [0.2, 0.25) is 0 Å². The van der Waals surface area contributed by atoms with Crippen LogP contribution in [-0.2, 0) is 41.2 Å². The van der Waals surface area contributed by atoms with Crippen LogP contribution in [0, 0.1) is 0 Å². The third kappa shape index (κ3) is 36300. The molecule has 15 heteroatoms. The molecule has 0 radical (unpaired) electrons. The maximum Gasteiger partial charge on any atom is 4.00 e. The third-order valence-corrected chi connectivity index (χ3v) is 0. The van der Waals surface area contributed by atoms with Crippen molar-refractivity contribution in [2.75, 3.05) is 0 Å². The monoisotopic (exact) mass is 366 g/mol. The maximum atomic E-state index is 8.52. The Morgan fingerprint density at radius 2 is 0.533 bits per heavy atom. The van der Waals surface area contributed by atoms with Gasteiger partial charge in [-0.1, -0.05) is 0 Å². The predicted octanol–water partition coefficient (Wildman–Crippen LogP) is -2.03. The van der Waals surface area contributed by atoms with Crippen LogP contribution in [0.5, 0.6) is 0 Å². The average Bonchev–Trinajstić information content (AvgIpc) is 1.12. The number of hydrogen-bond donors (Lipinski definition) is 4. The van der Waals surface area contributed by atoms with Gasteiger partial charge in [-0.2, -0.15) is 0 Å². The summed E-state index contributed by atoms with van der Waals surface area (Å²) >= 11 is 0. The Morgan fingerprint density at radius 3 is 0.533 bits per heavy atom. The van der Waals surface area contributed by atoms with Crippen LogP contribution in [0.15, 0.2) is 0 Å². The van der Waals surface area contributed by atoms with E-state index in [4.69, 9.17) is 35.0 Å². The van der Waals surface area contributed by atoms with Crippen LogP contribution in [-0.4, -0.2) is 35.0 Å². The first-order chi connectivity index (χ1) is 4.00. The van der Waals surface area contributed by atoms with Crippen molar-refractivity contribution in [1.29, 1.82) is 0 Å². The van der Waals surface area contributed by atoms with Gasteiger partial charge >= 0.3 is 20.4 Å². The first-order valence-electron chi connectivity index (χ1n) is 1.33. The molecule has 0 aromatic heterocycles. The molecule has 15 heavy (non-hydrogen) atoms. The molecule has 0 bridgehead atoms. The van der Waals surface area contributed by atoms with Gasteiger partial charge in [0.25, 0.3) is 0 Å². The van der Waals surface area contributed by atoms with E-state index in [0.29, 0.717) is 0 Å². The zero-order valence-electron chi connectivity index (χ0n) is 7.23. The molecule has 0 aliphatic heterocycles. The molecule has 0 rings (SSSR count). The Balaban J connectivity index is -0.0000000128. The van der Waals surface area contributed by atoms with Gasteiger partial charge in [0, 0.05) is 20.8 Å². The van der Waals surface area contributed by atoms with E-state index < -0.39 is 20.8 Å². The first-order valence-corrected chi connectivity index (χ1v) is 4.00. The van der Waals surface area contributed by atoms with Crippen LogP contribution < -0.4 is 24.6 Å². The summed E-state index contributed by atoms with van der Waals surface area (Å²) in [7, 11) is -10.3. The molecule has 0 amide bonds. The Hall–Kier alpha value is 0.242. The van der Waals surface area contributed by atoms with Gasteiger partial charge in [0.15, 0.2) is 0 Å². The Bertz CT molecular complexity index is 221. The smallest absolute Gasteiger partial charge is 0.759 e. The molecule has 0 atom stereocenters. The van der Waals surface area contributed by atoms with Gasteiger partial charge in [-0.05, 0) is 0 Å². The SMILES string of the molecule is N.N.N.N.O=S(=O)([O-])[O-].O=S(=O)([O-])[O-].[Pd+4]. The standard InChI is InChI=1S/4H3N.2H2O4S.Pd/c;;;;2*1-5(2,3)4;/h4*1H3;2*(H2,1,2,3,4);/q;;;;;;+4/p-4. The summed E-state index contributed by atoms with van der Waals surface area (Å²) in [6, 6.07) is 0. The first kappa shape index (κ1) is 45.5. The molecular weight excluding hydrogens is 355 g/mol. The minimum Gasteiger partial charge on any atom is -0.759 e. The van der Waals surface area contributed by atoms with E-state index in [9.17, 15) is 0 Å². The Morgan fingerprint density at radius 1 is 0.533 bits per heavy atom.